The van der Waals surface area contributed by atoms with Crippen LogP contribution in [0.5, 0.6) is 5.75 Å². The van der Waals surface area contributed by atoms with E-state index in [1.807, 2.05) is 0 Å². The molecule has 0 atom stereocenters. The van der Waals surface area contributed by atoms with E-state index in [2.05, 4.69) is 15.8 Å². The van der Waals surface area contributed by atoms with Crippen molar-refractivity contribution in [2.45, 2.75) is 19.9 Å². The topological polar surface area (TPSA) is 117 Å². The molecule has 0 saturated carbocycles. The van der Waals surface area contributed by atoms with Gasteiger partial charge in [0.25, 0.3) is 0 Å². The highest BCUT2D eigenvalue weighted by Crippen LogP contribution is 2.33. The minimum absolute atomic E-state index is 0.0261. The number of benzene rings is 1. The van der Waals surface area contributed by atoms with Crippen LogP contribution in [0.3, 0.4) is 0 Å². The number of hydrogen-bond donors (Lipinski definition) is 3. The highest BCUT2D eigenvalue weighted by molar-refractivity contribution is 6.37. The molecule has 1 rings (SSSR count). The Morgan fingerprint density at radius 2 is 1.83 bits per heavy atom. The summed E-state index contributed by atoms with van der Waals surface area (Å²) in [5, 5.41) is 14.8. The highest BCUT2D eigenvalue weighted by atomic mass is 35.5. The summed E-state index contributed by atoms with van der Waals surface area (Å²) in [5.74, 6) is -2.87. The molecule has 0 aliphatic carbocycles. The molecule has 1 aromatic rings. The zero-order valence-electron chi connectivity index (χ0n) is 12.8. The first-order chi connectivity index (χ1) is 11.2. The molecule has 0 saturated heterocycles. The Hall–Kier alpha value is -2.32. The Kier molecular flexibility index (Phi) is 7.47. The molecule has 0 heterocycles. The molecule has 130 valence electrons. The van der Waals surface area contributed by atoms with Crippen molar-refractivity contribution in [2.75, 3.05) is 6.61 Å². The number of halogens is 2. The van der Waals surface area contributed by atoms with Gasteiger partial charge in [-0.3, -0.25) is 9.59 Å². The number of nitrogens with one attached hydrogen (secondary N) is 2. The monoisotopic (exact) mass is 375 g/mol. The summed E-state index contributed by atoms with van der Waals surface area (Å²) in [6.45, 7) is 2.84. The summed E-state index contributed by atoms with van der Waals surface area (Å²) in [5.41, 5.74) is 2.47. The first-order valence-electron chi connectivity index (χ1n) is 6.68. The molecular formula is C14H15Cl2N3O5. The molecule has 0 radical (unpaired) electrons. The smallest absolute Gasteiger partial charge is 0.341 e. The Labute approximate surface area is 147 Å². The number of amides is 2. The highest BCUT2D eigenvalue weighted by Gasteiger charge is 2.13. The Balaban J connectivity index is 2.73. The fourth-order valence-electron chi connectivity index (χ4n) is 1.47. The van der Waals surface area contributed by atoms with Gasteiger partial charge < -0.3 is 15.2 Å². The Bertz CT molecular complexity index is 653. The van der Waals surface area contributed by atoms with Crippen LogP contribution in [0.25, 0.3) is 0 Å². The first-order valence-corrected chi connectivity index (χ1v) is 7.43. The summed E-state index contributed by atoms with van der Waals surface area (Å²) in [4.78, 5) is 33.3. The van der Waals surface area contributed by atoms with Crippen molar-refractivity contribution in [3.05, 3.63) is 27.7 Å². The van der Waals surface area contributed by atoms with Gasteiger partial charge >= 0.3 is 17.8 Å². The van der Waals surface area contributed by atoms with Crippen molar-refractivity contribution >= 4 is 47.2 Å². The zero-order chi connectivity index (χ0) is 18.3. The van der Waals surface area contributed by atoms with Crippen LogP contribution in [-0.4, -0.2) is 41.8 Å². The van der Waals surface area contributed by atoms with Gasteiger partial charge in [-0.05, 0) is 31.5 Å². The average Bonchev–Trinajstić information content (AvgIpc) is 2.45. The van der Waals surface area contributed by atoms with E-state index in [-0.39, 0.29) is 21.8 Å². The van der Waals surface area contributed by atoms with E-state index in [1.165, 1.54) is 18.3 Å². The summed E-state index contributed by atoms with van der Waals surface area (Å²) < 4.78 is 4.96. The number of carbonyl (C=O) groups is 3. The number of hydrazone groups is 1. The van der Waals surface area contributed by atoms with E-state index < -0.39 is 24.4 Å². The normalized spacial score (nSPS) is 10.7. The number of nitrogens with zero attached hydrogens (tertiary/aromatic N) is 1. The van der Waals surface area contributed by atoms with Crippen LogP contribution in [-0.2, 0) is 14.4 Å². The molecule has 0 aliphatic heterocycles. The third-order valence-corrected chi connectivity index (χ3v) is 2.93. The number of carboxylic acid groups (broad SMARTS) is 1. The number of hydrogen-bond acceptors (Lipinski definition) is 5. The lowest BCUT2D eigenvalue weighted by molar-refractivity contribution is -0.139. The van der Waals surface area contributed by atoms with Gasteiger partial charge in [0, 0.05) is 6.04 Å². The summed E-state index contributed by atoms with van der Waals surface area (Å²) in [7, 11) is 0. The van der Waals surface area contributed by atoms with Crippen LogP contribution in [0.2, 0.25) is 10.0 Å². The van der Waals surface area contributed by atoms with Gasteiger partial charge in [-0.15, -0.1) is 0 Å². The summed E-state index contributed by atoms with van der Waals surface area (Å²) >= 11 is 11.9. The van der Waals surface area contributed by atoms with Crippen LogP contribution < -0.4 is 15.5 Å². The number of ether oxygens (including phenoxy) is 1. The fourth-order valence-corrected chi connectivity index (χ4v) is 2.08. The second-order valence-corrected chi connectivity index (χ2v) is 5.64. The summed E-state index contributed by atoms with van der Waals surface area (Å²) in [6, 6.07) is 2.64. The minimum Gasteiger partial charge on any atom is -0.479 e. The van der Waals surface area contributed by atoms with Crippen LogP contribution in [0.15, 0.2) is 17.2 Å². The van der Waals surface area contributed by atoms with E-state index in [0.717, 1.165) is 0 Å². The molecular weight excluding hydrogens is 361 g/mol. The molecule has 0 fully saturated rings. The summed E-state index contributed by atoms with van der Waals surface area (Å²) in [6.07, 6.45) is 1.22. The predicted octanol–water partition coefficient (Wildman–Crippen LogP) is 1.43. The maximum Gasteiger partial charge on any atom is 0.341 e. The number of rotatable bonds is 6. The molecule has 8 nitrogen and oxygen atoms in total. The van der Waals surface area contributed by atoms with Crippen molar-refractivity contribution in [1.29, 1.82) is 0 Å². The van der Waals surface area contributed by atoms with E-state index in [9.17, 15) is 14.4 Å². The lowest BCUT2D eigenvalue weighted by Crippen LogP contribution is -2.41. The molecule has 10 heteroatoms. The quantitative estimate of drug-likeness (QED) is 0.395. The van der Waals surface area contributed by atoms with E-state index in [1.54, 1.807) is 13.8 Å². The standard InChI is InChI=1S/C14H15Cl2N3O5/c1-7(2)18-13(22)14(23)19-17-5-8-3-9(15)12(10(16)4-8)24-6-11(20)21/h3-5,7H,6H2,1-2H3,(H,18,22)(H,19,23)(H,20,21)/b17-5-. The van der Waals surface area contributed by atoms with Crippen LogP contribution >= 0.6 is 23.2 Å². The lowest BCUT2D eigenvalue weighted by Gasteiger charge is -2.09. The van der Waals surface area contributed by atoms with Gasteiger partial charge in [0.2, 0.25) is 0 Å². The van der Waals surface area contributed by atoms with Crippen LogP contribution in [0, 0.1) is 0 Å². The van der Waals surface area contributed by atoms with E-state index in [0.29, 0.717) is 5.56 Å². The number of carbonyl (C=O) groups excluding carboxylic acids is 2. The SMILES string of the molecule is CC(C)NC(=O)C(=O)N/N=C\c1cc(Cl)c(OCC(=O)O)c(Cl)c1. The zero-order valence-corrected chi connectivity index (χ0v) is 14.3. The minimum atomic E-state index is -1.17. The maximum atomic E-state index is 11.4. The van der Waals surface area contributed by atoms with Gasteiger partial charge in [0.05, 0.1) is 16.3 Å². The van der Waals surface area contributed by atoms with Crippen LogP contribution in [0.4, 0.5) is 0 Å². The van der Waals surface area contributed by atoms with Gasteiger partial charge in [-0.1, -0.05) is 23.2 Å². The van der Waals surface area contributed by atoms with Crippen LogP contribution in [0.1, 0.15) is 19.4 Å². The Morgan fingerprint density at radius 3 is 2.33 bits per heavy atom. The van der Waals surface area contributed by atoms with E-state index in [4.69, 9.17) is 33.0 Å². The van der Waals surface area contributed by atoms with Crippen molar-refractivity contribution in [3.8, 4) is 5.75 Å². The number of carboxylic acids is 1. The largest absolute Gasteiger partial charge is 0.479 e. The molecule has 0 aromatic heterocycles. The molecule has 1 aromatic carbocycles. The van der Waals surface area contributed by atoms with Gasteiger partial charge in [-0.2, -0.15) is 5.10 Å². The molecule has 3 N–H and O–H groups in total. The van der Waals surface area contributed by atoms with E-state index >= 15 is 0 Å². The predicted molar refractivity (Wildman–Crippen MR) is 88.6 cm³/mol. The molecule has 0 spiro atoms. The second kappa shape index (κ2) is 9.09. The molecule has 0 unspecified atom stereocenters. The third kappa shape index (κ3) is 6.43. The van der Waals surface area contributed by atoms with Gasteiger partial charge in [0.1, 0.15) is 0 Å². The fraction of sp³-hybridized carbons (Fsp3) is 0.286. The maximum absolute atomic E-state index is 11.4. The molecule has 2 amide bonds. The van der Waals surface area contributed by atoms with Crippen molar-refractivity contribution in [1.82, 2.24) is 10.7 Å². The molecule has 24 heavy (non-hydrogen) atoms. The third-order valence-electron chi connectivity index (χ3n) is 2.37. The lowest BCUT2D eigenvalue weighted by atomic mass is 10.2. The van der Waals surface area contributed by atoms with Crippen molar-refractivity contribution < 1.29 is 24.2 Å². The van der Waals surface area contributed by atoms with Gasteiger partial charge in [-0.25, -0.2) is 10.2 Å². The van der Waals surface area contributed by atoms with Crippen molar-refractivity contribution in [3.63, 3.8) is 0 Å². The second-order valence-electron chi connectivity index (χ2n) is 4.82. The molecule has 0 aliphatic rings. The van der Waals surface area contributed by atoms with Gasteiger partial charge in [0.15, 0.2) is 12.4 Å². The van der Waals surface area contributed by atoms with Crippen molar-refractivity contribution in [2.24, 2.45) is 5.10 Å². The molecule has 0 bridgehead atoms. The number of aliphatic carboxylic acids is 1. The average molecular weight is 376 g/mol. The Morgan fingerprint density at radius 1 is 1.25 bits per heavy atom. The first kappa shape index (κ1) is 19.7.